The molecular formula is C22H29N3O2. The predicted molar refractivity (Wildman–Crippen MR) is 103 cm³/mol. The highest BCUT2D eigenvalue weighted by Crippen LogP contribution is 2.44. The van der Waals surface area contributed by atoms with E-state index in [1.807, 2.05) is 30.0 Å². The molecule has 27 heavy (non-hydrogen) atoms. The standard InChI is InChI=1S/C22H29N3O2/c1-2-27-21(26)24-13-10-20-17(14-24)15-25(20)19-8-11-22(16-23,12-9-19)18-6-4-3-5-7-18/h3-7,17,19-20H,2,8-15H2,1H3. The number of likely N-dealkylation sites (tertiary alicyclic amines) is 2. The minimum absolute atomic E-state index is 0.159. The number of nitriles is 1. The predicted octanol–water partition coefficient (Wildman–Crippen LogP) is 3.55. The quantitative estimate of drug-likeness (QED) is 0.820. The number of fused-ring (bicyclic) bond motifs is 1. The van der Waals surface area contributed by atoms with Crippen molar-refractivity contribution in [3.8, 4) is 6.07 Å². The normalized spacial score (nSPS) is 33.5. The molecule has 1 aromatic rings. The summed E-state index contributed by atoms with van der Waals surface area (Å²) in [5.41, 5.74) is 0.866. The van der Waals surface area contributed by atoms with E-state index in [1.165, 1.54) is 5.56 Å². The van der Waals surface area contributed by atoms with Crippen molar-refractivity contribution in [2.45, 2.75) is 56.5 Å². The first-order valence-electron chi connectivity index (χ1n) is 10.3. The third-order valence-corrected chi connectivity index (χ3v) is 6.91. The second-order valence-electron chi connectivity index (χ2n) is 8.25. The molecule has 4 rings (SSSR count). The molecule has 0 spiro atoms. The topological polar surface area (TPSA) is 56.6 Å². The number of rotatable bonds is 3. The van der Waals surface area contributed by atoms with Gasteiger partial charge in [0.15, 0.2) is 0 Å². The average Bonchev–Trinajstić information content (AvgIpc) is 2.70. The average molecular weight is 367 g/mol. The highest BCUT2D eigenvalue weighted by molar-refractivity contribution is 5.67. The molecule has 1 aliphatic carbocycles. The molecule has 0 aromatic heterocycles. The van der Waals surface area contributed by atoms with E-state index in [0.29, 0.717) is 24.6 Å². The number of nitrogens with zero attached hydrogens (tertiary/aromatic N) is 3. The van der Waals surface area contributed by atoms with E-state index >= 15 is 0 Å². The molecule has 1 aromatic carbocycles. The lowest BCUT2D eigenvalue weighted by Crippen LogP contribution is -2.67. The fourth-order valence-electron chi connectivity index (χ4n) is 5.35. The Labute approximate surface area is 161 Å². The lowest BCUT2D eigenvalue weighted by molar-refractivity contribution is -0.0763. The van der Waals surface area contributed by atoms with Crippen molar-refractivity contribution in [3.05, 3.63) is 35.9 Å². The highest BCUT2D eigenvalue weighted by atomic mass is 16.6. The van der Waals surface area contributed by atoms with Crippen LogP contribution in [0.15, 0.2) is 30.3 Å². The molecule has 2 saturated heterocycles. The third-order valence-electron chi connectivity index (χ3n) is 6.91. The van der Waals surface area contributed by atoms with E-state index in [4.69, 9.17) is 4.74 Å². The molecule has 1 saturated carbocycles. The van der Waals surface area contributed by atoms with Gasteiger partial charge in [0, 0.05) is 37.6 Å². The Balaban J connectivity index is 1.33. The molecule has 3 aliphatic rings. The highest BCUT2D eigenvalue weighted by Gasteiger charge is 2.48. The van der Waals surface area contributed by atoms with Gasteiger partial charge in [0.05, 0.1) is 18.1 Å². The number of carbonyl (C=O) groups excluding carboxylic acids is 1. The van der Waals surface area contributed by atoms with Crippen LogP contribution in [0.3, 0.4) is 0 Å². The summed E-state index contributed by atoms with van der Waals surface area (Å²) in [5, 5.41) is 9.89. The summed E-state index contributed by atoms with van der Waals surface area (Å²) in [6.45, 7) is 5.01. The van der Waals surface area contributed by atoms with Gasteiger partial charge in [0.25, 0.3) is 0 Å². The molecule has 2 atom stereocenters. The van der Waals surface area contributed by atoms with E-state index in [2.05, 4.69) is 23.1 Å². The van der Waals surface area contributed by atoms with Crippen LogP contribution >= 0.6 is 0 Å². The zero-order valence-electron chi connectivity index (χ0n) is 16.1. The Morgan fingerprint density at radius 3 is 2.59 bits per heavy atom. The Hall–Kier alpha value is -2.06. The Kier molecular flexibility index (Phi) is 5.10. The molecule has 0 bridgehead atoms. The first-order chi connectivity index (χ1) is 13.2. The maximum atomic E-state index is 12.0. The minimum Gasteiger partial charge on any atom is -0.450 e. The zero-order valence-corrected chi connectivity index (χ0v) is 16.1. The van der Waals surface area contributed by atoms with Crippen LogP contribution in [0.4, 0.5) is 4.79 Å². The summed E-state index contributed by atoms with van der Waals surface area (Å²) in [6.07, 6.45) is 4.96. The molecular weight excluding hydrogens is 338 g/mol. The summed E-state index contributed by atoms with van der Waals surface area (Å²) < 4.78 is 5.15. The first kappa shape index (κ1) is 18.3. The van der Waals surface area contributed by atoms with Crippen molar-refractivity contribution in [3.63, 3.8) is 0 Å². The maximum Gasteiger partial charge on any atom is 0.409 e. The molecule has 2 heterocycles. The summed E-state index contributed by atoms with van der Waals surface area (Å²) in [6, 6.07) is 14.1. The summed E-state index contributed by atoms with van der Waals surface area (Å²) in [5.74, 6) is 0.583. The van der Waals surface area contributed by atoms with Gasteiger partial charge in [-0.25, -0.2) is 4.79 Å². The Bertz CT molecular complexity index is 706. The van der Waals surface area contributed by atoms with Crippen LogP contribution in [0.5, 0.6) is 0 Å². The van der Waals surface area contributed by atoms with E-state index in [9.17, 15) is 10.1 Å². The van der Waals surface area contributed by atoms with Crippen molar-refractivity contribution in [1.29, 1.82) is 5.26 Å². The van der Waals surface area contributed by atoms with Crippen molar-refractivity contribution in [2.75, 3.05) is 26.2 Å². The van der Waals surface area contributed by atoms with E-state index < -0.39 is 0 Å². The maximum absolute atomic E-state index is 12.0. The van der Waals surface area contributed by atoms with E-state index in [1.54, 1.807) is 0 Å². The fraction of sp³-hybridized carbons (Fsp3) is 0.636. The molecule has 0 radical (unpaired) electrons. The summed E-state index contributed by atoms with van der Waals surface area (Å²) >= 11 is 0. The number of carbonyl (C=O) groups is 1. The molecule has 144 valence electrons. The number of piperidine rings is 1. The smallest absolute Gasteiger partial charge is 0.409 e. The molecule has 1 amide bonds. The van der Waals surface area contributed by atoms with Crippen LogP contribution in [-0.4, -0.2) is 54.2 Å². The van der Waals surface area contributed by atoms with Gasteiger partial charge >= 0.3 is 6.09 Å². The number of benzene rings is 1. The SMILES string of the molecule is CCOC(=O)N1CCC2C(C1)CN2C1CCC(C#N)(c2ccccc2)CC1. The van der Waals surface area contributed by atoms with Crippen LogP contribution in [0.25, 0.3) is 0 Å². The molecule has 0 N–H and O–H groups in total. The van der Waals surface area contributed by atoms with E-state index in [0.717, 1.165) is 51.7 Å². The van der Waals surface area contributed by atoms with Gasteiger partial charge in [-0.1, -0.05) is 30.3 Å². The van der Waals surface area contributed by atoms with Gasteiger partial charge in [-0.15, -0.1) is 0 Å². The summed E-state index contributed by atoms with van der Waals surface area (Å²) in [4.78, 5) is 16.5. The van der Waals surface area contributed by atoms with Gasteiger partial charge in [-0.3, -0.25) is 4.90 Å². The van der Waals surface area contributed by atoms with Crippen LogP contribution in [0.2, 0.25) is 0 Å². The molecule has 5 nitrogen and oxygen atoms in total. The van der Waals surface area contributed by atoms with Crippen molar-refractivity contribution < 1.29 is 9.53 Å². The van der Waals surface area contributed by atoms with Gasteiger partial charge < -0.3 is 9.64 Å². The molecule has 2 aliphatic heterocycles. The Morgan fingerprint density at radius 1 is 1.22 bits per heavy atom. The molecule has 5 heteroatoms. The van der Waals surface area contributed by atoms with Crippen LogP contribution in [0.1, 0.15) is 44.6 Å². The van der Waals surface area contributed by atoms with Gasteiger partial charge in [0.2, 0.25) is 0 Å². The monoisotopic (exact) mass is 367 g/mol. The minimum atomic E-state index is -0.310. The van der Waals surface area contributed by atoms with Crippen molar-refractivity contribution >= 4 is 6.09 Å². The van der Waals surface area contributed by atoms with Gasteiger partial charge in [-0.05, 0) is 44.6 Å². The van der Waals surface area contributed by atoms with Crippen LogP contribution < -0.4 is 0 Å². The second kappa shape index (κ2) is 7.52. The number of hydrogen-bond donors (Lipinski definition) is 0. The number of hydrogen-bond acceptors (Lipinski definition) is 4. The largest absolute Gasteiger partial charge is 0.450 e. The lowest BCUT2D eigenvalue weighted by Gasteiger charge is -2.57. The van der Waals surface area contributed by atoms with Crippen molar-refractivity contribution in [1.82, 2.24) is 9.80 Å². The zero-order chi connectivity index (χ0) is 18.9. The molecule has 3 fully saturated rings. The third kappa shape index (κ3) is 3.32. The number of amides is 1. The fourth-order valence-corrected chi connectivity index (χ4v) is 5.35. The summed E-state index contributed by atoms with van der Waals surface area (Å²) in [7, 11) is 0. The second-order valence-corrected chi connectivity index (χ2v) is 8.25. The first-order valence-corrected chi connectivity index (χ1v) is 10.3. The van der Waals surface area contributed by atoms with Crippen molar-refractivity contribution in [2.24, 2.45) is 5.92 Å². The lowest BCUT2D eigenvalue weighted by atomic mass is 9.67. The molecule has 2 unspecified atom stereocenters. The van der Waals surface area contributed by atoms with Gasteiger partial charge in [0.1, 0.15) is 0 Å². The van der Waals surface area contributed by atoms with Gasteiger partial charge in [-0.2, -0.15) is 5.26 Å². The van der Waals surface area contributed by atoms with Crippen LogP contribution in [0, 0.1) is 17.2 Å². The number of ether oxygens (including phenoxy) is 1. The Morgan fingerprint density at radius 2 is 1.96 bits per heavy atom. The van der Waals surface area contributed by atoms with E-state index in [-0.39, 0.29) is 11.5 Å². The van der Waals surface area contributed by atoms with Crippen LogP contribution in [-0.2, 0) is 10.2 Å².